The molecular formula is C11H15BrN2OS. The van der Waals surface area contributed by atoms with Gasteiger partial charge in [0.2, 0.25) is 0 Å². The summed E-state index contributed by atoms with van der Waals surface area (Å²) in [6.07, 6.45) is 4.35. The summed E-state index contributed by atoms with van der Waals surface area (Å²) in [5.41, 5.74) is 6.71. The predicted octanol–water partition coefficient (Wildman–Crippen LogP) is 2.51. The van der Waals surface area contributed by atoms with Crippen LogP contribution in [0.2, 0.25) is 0 Å². The third-order valence-corrected chi connectivity index (χ3v) is 4.47. The second-order valence-electron chi connectivity index (χ2n) is 4.17. The van der Waals surface area contributed by atoms with Crippen LogP contribution in [0.1, 0.15) is 36.0 Å². The molecule has 2 rings (SSSR count). The van der Waals surface area contributed by atoms with E-state index in [-0.39, 0.29) is 18.0 Å². The minimum atomic E-state index is -0.00991. The fourth-order valence-electron chi connectivity index (χ4n) is 2.02. The second-order valence-corrected chi connectivity index (χ2v) is 6.46. The number of carbonyl (C=O) groups is 1. The maximum atomic E-state index is 11.9. The van der Waals surface area contributed by atoms with Gasteiger partial charge in [-0.1, -0.05) is 12.8 Å². The van der Waals surface area contributed by atoms with Crippen molar-refractivity contribution in [3.8, 4) is 0 Å². The van der Waals surface area contributed by atoms with E-state index in [9.17, 15) is 4.79 Å². The van der Waals surface area contributed by atoms with Crippen LogP contribution >= 0.6 is 27.3 Å². The summed E-state index contributed by atoms with van der Waals surface area (Å²) in [5.74, 6) is -0.00991. The summed E-state index contributed by atoms with van der Waals surface area (Å²) in [5, 5.41) is 4.88. The van der Waals surface area contributed by atoms with Gasteiger partial charge in [0.05, 0.1) is 9.35 Å². The molecule has 3 N–H and O–H groups in total. The van der Waals surface area contributed by atoms with Gasteiger partial charge < -0.3 is 11.1 Å². The molecule has 5 heteroatoms. The molecule has 16 heavy (non-hydrogen) atoms. The minimum Gasteiger partial charge on any atom is -0.348 e. The Labute approximate surface area is 108 Å². The summed E-state index contributed by atoms with van der Waals surface area (Å²) in [7, 11) is 0. The van der Waals surface area contributed by atoms with Gasteiger partial charge in [-0.05, 0) is 34.8 Å². The van der Waals surface area contributed by atoms with Crippen molar-refractivity contribution in [2.24, 2.45) is 5.73 Å². The number of hydrogen-bond donors (Lipinski definition) is 2. The summed E-state index contributed by atoms with van der Waals surface area (Å²) in [6, 6.07) is 2.09. The van der Waals surface area contributed by atoms with Crippen molar-refractivity contribution < 1.29 is 4.79 Å². The van der Waals surface area contributed by atoms with Crippen LogP contribution in [-0.4, -0.2) is 18.0 Å². The van der Waals surface area contributed by atoms with Crippen LogP contribution in [0.3, 0.4) is 0 Å². The van der Waals surface area contributed by atoms with E-state index in [1.807, 2.05) is 11.4 Å². The van der Waals surface area contributed by atoms with E-state index in [4.69, 9.17) is 5.73 Å². The molecule has 1 amide bonds. The second kappa shape index (κ2) is 5.29. The number of amides is 1. The number of rotatable bonds is 2. The SMILES string of the molecule is N[C@@H]1CCCC[C@H]1NC(=O)c1csc(Br)c1. The van der Waals surface area contributed by atoms with Gasteiger partial charge in [-0.3, -0.25) is 4.79 Å². The molecule has 1 heterocycles. The lowest BCUT2D eigenvalue weighted by Crippen LogP contribution is -2.49. The summed E-state index contributed by atoms with van der Waals surface area (Å²) in [4.78, 5) is 11.9. The lowest BCUT2D eigenvalue weighted by atomic mass is 9.91. The first-order valence-electron chi connectivity index (χ1n) is 5.47. The van der Waals surface area contributed by atoms with Crippen LogP contribution in [-0.2, 0) is 0 Å². The van der Waals surface area contributed by atoms with Crippen molar-refractivity contribution in [3.05, 3.63) is 20.8 Å². The Morgan fingerprint density at radius 3 is 2.88 bits per heavy atom. The average molecular weight is 303 g/mol. The number of halogens is 1. The third kappa shape index (κ3) is 2.84. The molecule has 0 bridgehead atoms. The van der Waals surface area contributed by atoms with E-state index in [1.165, 1.54) is 17.8 Å². The van der Waals surface area contributed by atoms with Gasteiger partial charge in [-0.2, -0.15) is 0 Å². The molecular weight excluding hydrogens is 288 g/mol. The molecule has 1 fully saturated rings. The number of hydrogen-bond acceptors (Lipinski definition) is 3. The normalized spacial score (nSPS) is 25.4. The number of nitrogens with two attached hydrogens (primary N) is 1. The smallest absolute Gasteiger partial charge is 0.252 e. The molecule has 1 aromatic rings. The van der Waals surface area contributed by atoms with Gasteiger partial charge in [-0.25, -0.2) is 0 Å². The molecule has 0 saturated heterocycles. The molecule has 3 nitrogen and oxygen atoms in total. The summed E-state index contributed by atoms with van der Waals surface area (Å²) < 4.78 is 0.977. The van der Waals surface area contributed by atoms with Crippen LogP contribution in [0.25, 0.3) is 0 Å². The Morgan fingerprint density at radius 1 is 1.50 bits per heavy atom. The lowest BCUT2D eigenvalue weighted by Gasteiger charge is -2.29. The number of carbonyl (C=O) groups excluding carboxylic acids is 1. The van der Waals surface area contributed by atoms with Gasteiger partial charge in [0.15, 0.2) is 0 Å². The van der Waals surface area contributed by atoms with Crippen molar-refractivity contribution in [3.63, 3.8) is 0 Å². The fraction of sp³-hybridized carbons (Fsp3) is 0.545. The van der Waals surface area contributed by atoms with Crippen LogP contribution in [0.4, 0.5) is 0 Å². The highest BCUT2D eigenvalue weighted by molar-refractivity contribution is 9.11. The topological polar surface area (TPSA) is 55.1 Å². The Bertz CT molecular complexity index is 380. The predicted molar refractivity (Wildman–Crippen MR) is 69.7 cm³/mol. The van der Waals surface area contributed by atoms with E-state index in [1.54, 1.807) is 0 Å². The molecule has 0 aromatic carbocycles. The first kappa shape index (κ1) is 12.1. The van der Waals surface area contributed by atoms with E-state index < -0.39 is 0 Å². The summed E-state index contributed by atoms with van der Waals surface area (Å²) >= 11 is 4.87. The standard InChI is InChI=1S/C11H15BrN2OS/c12-10-5-7(6-16-10)11(15)14-9-4-2-1-3-8(9)13/h5-6,8-9H,1-4,13H2,(H,14,15)/t8-,9-/m1/s1. The highest BCUT2D eigenvalue weighted by Gasteiger charge is 2.23. The van der Waals surface area contributed by atoms with E-state index in [0.717, 1.165) is 28.6 Å². The number of thiophene rings is 1. The maximum absolute atomic E-state index is 11.9. The van der Waals surface area contributed by atoms with Gasteiger partial charge in [-0.15, -0.1) is 11.3 Å². The molecule has 1 aliphatic rings. The van der Waals surface area contributed by atoms with Gasteiger partial charge in [0.25, 0.3) is 5.91 Å². The molecule has 0 unspecified atom stereocenters. The van der Waals surface area contributed by atoms with Crippen LogP contribution in [0, 0.1) is 0 Å². The molecule has 1 aromatic heterocycles. The first-order valence-corrected chi connectivity index (χ1v) is 7.14. The fourth-order valence-corrected chi connectivity index (χ4v) is 3.16. The Morgan fingerprint density at radius 2 is 2.25 bits per heavy atom. The largest absolute Gasteiger partial charge is 0.348 e. The Hall–Kier alpha value is -0.390. The minimum absolute atomic E-state index is 0.00991. The number of nitrogens with one attached hydrogen (secondary N) is 1. The molecule has 0 spiro atoms. The molecule has 2 atom stereocenters. The Balaban J connectivity index is 1.96. The van der Waals surface area contributed by atoms with Gasteiger partial charge in [0, 0.05) is 17.5 Å². The molecule has 0 aliphatic heterocycles. The van der Waals surface area contributed by atoms with Crippen molar-refractivity contribution in [1.82, 2.24) is 5.32 Å². The highest BCUT2D eigenvalue weighted by Crippen LogP contribution is 2.22. The maximum Gasteiger partial charge on any atom is 0.252 e. The van der Waals surface area contributed by atoms with Crippen LogP contribution in [0.15, 0.2) is 15.2 Å². The van der Waals surface area contributed by atoms with E-state index in [0.29, 0.717) is 0 Å². The van der Waals surface area contributed by atoms with Crippen molar-refractivity contribution in [2.75, 3.05) is 0 Å². The quantitative estimate of drug-likeness (QED) is 0.882. The van der Waals surface area contributed by atoms with Gasteiger partial charge in [0.1, 0.15) is 0 Å². The van der Waals surface area contributed by atoms with Gasteiger partial charge >= 0.3 is 0 Å². The van der Waals surface area contributed by atoms with Crippen molar-refractivity contribution >= 4 is 33.2 Å². The van der Waals surface area contributed by atoms with E-state index in [2.05, 4.69) is 21.2 Å². The zero-order valence-corrected chi connectivity index (χ0v) is 11.3. The van der Waals surface area contributed by atoms with E-state index >= 15 is 0 Å². The molecule has 1 saturated carbocycles. The monoisotopic (exact) mass is 302 g/mol. The zero-order chi connectivity index (χ0) is 11.5. The van der Waals surface area contributed by atoms with Crippen molar-refractivity contribution in [1.29, 1.82) is 0 Å². The summed E-state index contributed by atoms with van der Waals surface area (Å²) in [6.45, 7) is 0. The molecule has 88 valence electrons. The molecule has 0 radical (unpaired) electrons. The molecule has 1 aliphatic carbocycles. The first-order chi connectivity index (χ1) is 7.66. The average Bonchev–Trinajstić information content (AvgIpc) is 2.68. The third-order valence-electron chi connectivity index (χ3n) is 2.97. The zero-order valence-electron chi connectivity index (χ0n) is 8.91. The Kier molecular flexibility index (Phi) is 4.00. The van der Waals surface area contributed by atoms with Crippen LogP contribution < -0.4 is 11.1 Å². The highest BCUT2D eigenvalue weighted by atomic mass is 79.9. The lowest BCUT2D eigenvalue weighted by molar-refractivity contribution is 0.0921. The van der Waals surface area contributed by atoms with Crippen molar-refractivity contribution in [2.45, 2.75) is 37.8 Å². The van der Waals surface area contributed by atoms with Crippen LogP contribution in [0.5, 0.6) is 0 Å².